The fourth-order valence-electron chi connectivity index (χ4n) is 5.94. The minimum atomic E-state index is -0.310. The lowest BCUT2D eigenvalue weighted by Crippen LogP contribution is -2.47. The number of pyridine rings is 1. The lowest BCUT2D eigenvalue weighted by Gasteiger charge is -2.40. The number of aliphatic hydroxyl groups is 1. The first kappa shape index (κ1) is 22.2. The highest BCUT2D eigenvalue weighted by Gasteiger charge is 2.46. The molecule has 2 aromatic heterocycles. The fourth-order valence-corrected chi connectivity index (χ4v) is 5.94. The molecule has 0 amide bonds. The predicted molar refractivity (Wildman–Crippen MR) is 127 cm³/mol. The molecule has 2 fully saturated rings. The third-order valence-electron chi connectivity index (χ3n) is 7.64. The third kappa shape index (κ3) is 4.22. The number of hydrogen-bond acceptors (Lipinski definition) is 6. The zero-order valence-corrected chi connectivity index (χ0v) is 19.5. The van der Waals surface area contributed by atoms with E-state index in [1.807, 2.05) is 18.2 Å². The summed E-state index contributed by atoms with van der Waals surface area (Å²) in [6, 6.07) is 8.48. The summed E-state index contributed by atoms with van der Waals surface area (Å²) in [5.74, 6) is 0.943. The second-order valence-electron chi connectivity index (χ2n) is 9.84. The van der Waals surface area contributed by atoms with Crippen molar-refractivity contribution in [1.82, 2.24) is 30.1 Å². The summed E-state index contributed by atoms with van der Waals surface area (Å²) in [4.78, 5) is 18.5. The molecule has 2 N–H and O–H groups in total. The molecule has 0 spiro atoms. The molecule has 2 aliphatic carbocycles. The normalized spacial score (nSPS) is 18.6. The molecule has 2 heterocycles. The summed E-state index contributed by atoms with van der Waals surface area (Å²) in [5, 5.41) is 23.8. The number of hydrogen-bond donors (Lipinski definition) is 2. The van der Waals surface area contributed by atoms with Crippen molar-refractivity contribution in [2.75, 3.05) is 13.2 Å². The Morgan fingerprint density at radius 2 is 1.97 bits per heavy atom. The fraction of sp³-hybridized carbons (Fsp3) is 0.600. The average Bonchev–Trinajstić information content (AvgIpc) is 3.58. The van der Waals surface area contributed by atoms with Gasteiger partial charge in [0.25, 0.3) is 5.56 Å². The Balaban J connectivity index is 1.55. The number of tetrazole rings is 1. The number of aromatic amines is 1. The van der Waals surface area contributed by atoms with E-state index in [1.54, 1.807) is 0 Å². The van der Waals surface area contributed by atoms with Crippen molar-refractivity contribution in [3.05, 3.63) is 51.6 Å². The molecular formula is C25H34N6O2. The van der Waals surface area contributed by atoms with E-state index in [1.165, 1.54) is 18.4 Å². The van der Waals surface area contributed by atoms with E-state index in [2.05, 4.69) is 43.1 Å². The molecule has 5 rings (SSSR count). The van der Waals surface area contributed by atoms with E-state index >= 15 is 0 Å². The smallest absolute Gasteiger partial charge is 0.252 e. The maximum atomic E-state index is 13.0. The van der Waals surface area contributed by atoms with Gasteiger partial charge < -0.3 is 10.1 Å². The van der Waals surface area contributed by atoms with E-state index in [4.69, 9.17) is 0 Å². The number of H-pyrrole nitrogens is 1. The van der Waals surface area contributed by atoms with Crippen molar-refractivity contribution in [2.45, 2.75) is 82.8 Å². The number of aromatic nitrogens is 5. The topological polar surface area (TPSA) is 99.9 Å². The summed E-state index contributed by atoms with van der Waals surface area (Å²) in [6.07, 6.45) is 9.49. The first-order valence-electron chi connectivity index (χ1n) is 12.4. The zero-order chi connectivity index (χ0) is 22.8. The van der Waals surface area contributed by atoms with Gasteiger partial charge in [-0.3, -0.25) is 9.69 Å². The van der Waals surface area contributed by atoms with E-state index in [-0.39, 0.29) is 17.7 Å². The van der Waals surface area contributed by atoms with Gasteiger partial charge in [0.2, 0.25) is 0 Å². The Bertz CT molecular complexity index is 1160. The molecule has 2 aliphatic rings. The van der Waals surface area contributed by atoms with Gasteiger partial charge in [0.05, 0.1) is 11.6 Å². The van der Waals surface area contributed by atoms with Gasteiger partial charge in [-0.1, -0.05) is 37.3 Å². The summed E-state index contributed by atoms with van der Waals surface area (Å²) >= 11 is 0. The molecule has 0 unspecified atom stereocenters. The Labute approximate surface area is 194 Å². The van der Waals surface area contributed by atoms with Crippen molar-refractivity contribution in [2.24, 2.45) is 0 Å². The van der Waals surface area contributed by atoms with E-state index in [9.17, 15) is 9.90 Å². The Kier molecular flexibility index (Phi) is 6.29. The second kappa shape index (κ2) is 9.35. The van der Waals surface area contributed by atoms with Gasteiger partial charge in [0.1, 0.15) is 0 Å². The highest BCUT2D eigenvalue weighted by atomic mass is 16.3. The SMILES string of the molecule is Cc1ccc2[nH]c(=O)c(CN(CCCO)C3(c4nnnn4C4CCCC4)CCCC3)cc2c1. The number of nitrogens with zero attached hydrogens (tertiary/aromatic N) is 5. The van der Waals surface area contributed by atoms with Gasteiger partial charge in [-0.15, -0.1) is 5.10 Å². The van der Waals surface area contributed by atoms with Crippen LogP contribution in [0.4, 0.5) is 0 Å². The highest BCUT2D eigenvalue weighted by molar-refractivity contribution is 5.79. The number of benzene rings is 1. The minimum absolute atomic E-state index is 0.0520. The van der Waals surface area contributed by atoms with Gasteiger partial charge in [0.15, 0.2) is 5.82 Å². The van der Waals surface area contributed by atoms with Crippen LogP contribution in [0.1, 0.15) is 80.8 Å². The molecule has 33 heavy (non-hydrogen) atoms. The Hall–Kier alpha value is -2.58. The standard InChI is InChI=1S/C25H34N6O2/c1-18-9-10-22-19(15-18)16-20(23(33)26-22)17-30(13-6-14-32)25(11-4-5-12-25)24-27-28-29-31(24)21-7-2-3-8-21/h9-10,15-16,21,32H,2-8,11-14,17H2,1H3,(H,26,33). The van der Waals surface area contributed by atoms with Gasteiger partial charge in [-0.2, -0.15) is 0 Å². The molecule has 176 valence electrons. The van der Waals surface area contributed by atoms with Crippen LogP contribution in [0.3, 0.4) is 0 Å². The van der Waals surface area contributed by atoms with Crippen LogP contribution in [0.5, 0.6) is 0 Å². The first-order chi connectivity index (χ1) is 16.1. The largest absolute Gasteiger partial charge is 0.396 e. The first-order valence-corrected chi connectivity index (χ1v) is 12.4. The number of aryl methyl sites for hydroxylation is 1. The maximum absolute atomic E-state index is 13.0. The van der Waals surface area contributed by atoms with E-state index in [0.717, 1.165) is 60.8 Å². The Morgan fingerprint density at radius 1 is 1.18 bits per heavy atom. The van der Waals surface area contributed by atoms with Crippen LogP contribution in [0.15, 0.2) is 29.1 Å². The summed E-state index contributed by atoms with van der Waals surface area (Å²) in [6.45, 7) is 3.39. The highest BCUT2D eigenvalue weighted by Crippen LogP contribution is 2.45. The predicted octanol–water partition coefficient (Wildman–Crippen LogP) is 3.59. The number of nitrogens with one attached hydrogen (secondary N) is 1. The monoisotopic (exact) mass is 450 g/mol. The molecule has 0 bridgehead atoms. The summed E-state index contributed by atoms with van der Waals surface area (Å²) in [7, 11) is 0. The zero-order valence-electron chi connectivity index (χ0n) is 19.5. The molecule has 0 radical (unpaired) electrons. The van der Waals surface area contributed by atoms with Crippen molar-refractivity contribution < 1.29 is 5.11 Å². The van der Waals surface area contributed by atoms with Crippen LogP contribution < -0.4 is 5.56 Å². The van der Waals surface area contributed by atoms with Gasteiger partial charge in [-0.05, 0) is 73.0 Å². The second-order valence-corrected chi connectivity index (χ2v) is 9.84. The summed E-state index contributed by atoms with van der Waals surface area (Å²) in [5.41, 5.74) is 2.41. The average molecular weight is 451 g/mol. The lowest BCUT2D eigenvalue weighted by molar-refractivity contribution is 0.0589. The summed E-state index contributed by atoms with van der Waals surface area (Å²) < 4.78 is 2.08. The van der Waals surface area contributed by atoms with Crippen LogP contribution in [0.2, 0.25) is 0 Å². The molecule has 0 atom stereocenters. The lowest BCUT2D eigenvalue weighted by atomic mass is 9.92. The third-order valence-corrected chi connectivity index (χ3v) is 7.64. The molecule has 0 aliphatic heterocycles. The van der Waals surface area contributed by atoms with Crippen LogP contribution in [0.25, 0.3) is 10.9 Å². The number of rotatable bonds is 8. The van der Waals surface area contributed by atoms with Crippen LogP contribution in [-0.4, -0.2) is 48.3 Å². The molecular weight excluding hydrogens is 416 g/mol. The number of aliphatic hydroxyl groups excluding tert-OH is 1. The van der Waals surface area contributed by atoms with Crippen molar-refractivity contribution >= 4 is 10.9 Å². The molecule has 1 aromatic carbocycles. The van der Waals surface area contributed by atoms with Crippen LogP contribution >= 0.6 is 0 Å². The minimum Gasteiger partial charge on any atom is -0.396 e. The quantitative estimate of drug-likeness (QED) is 0.544. The van der Waals surface area contributed by atoms with Gasteiger partial charge in [0, 0.05) is 30.8 Å². The van der Waals surface area contributed by atoms with Crippen LogP contribution in [0, 0.1) is 6.92 Å². The van der Waals surface area contributed by atoms with Crippen molar-refractivity contribution in [3.8, 4) is 0 Å². The molecule has 8 heteroatoms. The van der Waals surface area contributed by atoms with Crippen LogP contribution in [-0.2, 0) is 12.1 Å². The molecule has 3 aromatic rings. The maximum Gasteiger partial charge on any atom is 0.252 e. The van der Waals surface area contributed by atoms with Crippen molar-refractivity contribution in [1.29, 1.82) is 0 Å². The number of fused-ring (bicyclic) bond motifs is 1. The van der Waals surface area contributed by atoms with E-state index < -0.39 is 0 Å². The molecule has 8 nitrogen and oxygen atoms in total. The van der Waals surface area contributed by atoms with Crippen molar-refractivity contribution in [3.63, 3.8) is 0 Å². The van der Waals surface area contributed by atoms with Gasteiger partial charge in [-0.25, -0.2) is 4.68 Å². The van der Waals surface area contributed by atoms with E-state index in [0.29, 0.717) is 25.6 Å². The molecule has 2 saturated carbocycles. The Morgan fingerprint density at radius 3 is 2.73 bits per heavy atom. The molecule has 0 saturated heterocycles. The van der Waals surface area contributed by atoms with Gasteiger partial charge >= 0.3 is 0 Å².